The second kappa shape index (κ2) is 11.5. The molecule has 11 heteroatoms. The van der Waals surface area contributed by atoms with Gasteiger partial charge in [0.05, 0.1) is 17.0 Å². The van der Waals surface area contributed by atoms with Crippen molar-refractivity contribution in [2.45, 2.75) is 51.7 Å². The van der Waals surface area contributed by atoms with Crippen LogP contribution in [0.5, 0.6) is 5.75 Å². The van der Waals surface area contributed by atoms with Crippen molar-refractivity contribution >= 4 is 33.2 Å². The van der Waals surface area contributed by atoms with E-state index < -0.39 is 10.3 Å². The molecule has 2 heterocycles. The number of benzene rings is 1. The number of thiophene rings is 1. The zero-order chi connectivity index (χ0) is 25.7. The number of anilines is 1. The summed E-state index contributed by atoms with van der Waals surface area (Å²) in [4.78, 5) is 22.2. The van der Waals surface area contributed by atoms with Crippen LogP contribution in [-0.2, 0) is 21.1 Å². The monoisotopic (exact) mass is 530 g/mol. The summed E-state index contributed by atoms with van der Waals surface area (Å²) in [7, 11) is -3.95. The number of nitrogens with two attached hydrogens (primary N) is 1. The predicted octanol–water partition coefficient (Wildman–Crippen LogP) is 4.27. The van der Waals surface area contributed by atoms with E-state index in [1.54, 1.807) is 0 Å². The fourth-order valence-electron chi connectivity index (χ4n) is 4.31. The first-order valence-electron chi connectivity index (χ1n) is 11.8. The van der Waals surface area contributed by atoms with Crippen molar-refractivity contribution < 1.29 is 22.1 Å². The van der Waals surface area contributed by atoms with Gasteiger partial charge in [0, 0.05) is 17.8 Å². The Morgan fingerprint density at radius 1 is 1.28 bits per heavy atom. The van der Waals surface area contributed by atoms with Crippen LogP contribution < -0.4 is 15.2 Å². The average molecular weight is 531 g/mol. The van der Waals surface area contributed by atoms with Crippen molar-refractivity contribution in [1.82, 2.24) is 9.97 Å². The summed E-state index contributed by atoms with van der Waals surface area (Å²) in [6.45, 7) is 4.67. The first-order valence-corrected chi connectivity index (χ1v) is 14.1. The van der Waals surface area contributed by atoms with Crippen molar-refractivity contribution in [3.8, 4) is 5.75 Å². The Hall–Kier alpha value is -2.86. The Balaban J connectivity index is 1.39. The molecule has 0 radical (unpaired) electrons. The SMILES string of the molecule is CC(C)c1ccccc1OCc1csc(C(=O)c2cncnc2NC2CC[C@@H](COS(N)(=O)=O)C2)c1. The Bertz CT molecular complexity index is 1310. The number of ether oxygens (including phenoxy) is 1. The summed E-state index contributed by atoms with van der Waals surface area (Å²) >= 11 is 1.36. The first kappa shape index (κ1) is 26.2. The van der Waals surface area contributed by atoms with Gasteiger partial charge < -0.3 is 10.1 Å². The molecule has 9 nitrogen and oxygen atoms in total. The molecule has 1 aliphatic rings. The third-order valence-corrected chi connectivity index (χ3v) is 7.56. The number of hydrogen-bond acceptors (Lipinski definition) is 9. The Kier molecular flexibility index (Phi) is 8.35. The fraction of sp³-hybridized carbons (Fsp3) is 0.400. The van der Waals surface area contributed by atoms with Gasteiger partial charge in [-0.05, 0) is 54.2 Å². The fourth-order valence-corrected chi connectivity index (χ4v) is 5.54. The molecule has 3 N–H and O–H groups in total. The van der Waals surface area contributed by atoms with Crippen LogP contribution >= 0.6 is 11.3 Å². The summed E-state index contributed by atoms with van der Waals surface area (Å²) < 4.78 is 32.9. The Morgan fingerprint density at radius 2 is 2.08 bits per heavy atom. The maximum atomic E-state index is 13.3. The molecule has 0 aliphatic heterocycles. The minimum absolute atomic E-state index is 0.0360. The quantitative estimate of drug-likeness (QED) is 0.351. The van der Waals surface area contributed by atoms with E-state index in [9.17, 15) is 13.2 Å². The molecule has 1 aliphatic carbocycles. The van der Waals surface area contributed by atoms with Crippen LogP contribution in [0.4, 0.5) is 5.82 Å². The molecule has 4 rings (SSSR count). The van der Waals surface area contributed by atoms with Crippen LogP contribution in [0, 0.1) is 5.92 Å². The highest BCUT2D eigenvalue weighted by atomic mass is 32.2. The number of carbonyl (C=O) groups is 1. The molecular weight excluding hydrogens is 500 g/mol. The number of carbonyl (C=O) groups excluding carboxylic acids is 1. The lowest BCUT2D eigenvalue weighted by molar-refractivity contribution is 0.104. The zero-order valence-corrected chi connectivity index (χ0v) is 21.8. The van der Waals surface area contributed by atoms with Gasteiger partial charge in [-0.15, -0.1) is 11.3 Å². The summed E-state index contributed by atoms with van der Waals surface area (Å²) in [6.07, 6.45) is 5.19. The number of hydrogen-bond donors (Lipinski definition) is 2. The van der Waals surface area contributed by atoms with E-state index in [1.807, 2.05) is 29.6 Å². The van der Waals surface area contributed by atoms with E-state index in [-0.39, 0.29) is 24.3 Å². The third-order valence-electron chi connectivity index (χ3n) is 6.12. The van der Waals surface area contributed by atoms with Gasteiger partial charge >= 0.3 is 10.3 Å². The Morgan fingerprint density at radius 3 is 2.86 bits per heavy atom. The van der Waals surface area contributed by atoms with Gasteiger partial charge in [-0.2, -0.15) is 8.42 Å². The topological polar surface area (TPSA) is 134 Å². The standard InChI is InChI=1S/C25H30N4O5S2/c1-16(2)20-5-3-4-6-22(20)33-12-18-10-23(35-14-18)24(30)21-11-27-15-28-25(21)29-19-8-7-17(9-19)13-34-36(26,31)32/h3-6,10-11,14-17,19H,7-9,12-13H2,1-2H3,(H2,26,31,32)(H,27,28,29)/t17-,19?/m1/s1. The van der Waals surface area contributed by atoms with E-state index in [0.29, 0.717) is 35.2 Å². The van der Waals surface area contributed by atoms with Crippen LogP contribution in [0.1, 0.15) is 65.4 Å². The van der Waals surface area contributed by atoms with Crippen LogP contribution in [0.3, 0.4) is 0 Å². The van der Waals surface area contributed by atoms with E-state index in [2.05, 4.69) is 35.2 Å². The smallest absolute Gasteiger partial charge is 0.333 e. The first-order chi connectivity index (χ1) is 17.2. The molecule has 192 valence electrons. The van der Waals surface area contributed by atoms with Gasteiger partial charge in [0.2, 0.25) is 5.78 Å². The second-order valence-corrected chi connectivity index (χ2v) is 11.3. The maximum absolute atomic E-state index is 13.3. The Labute approximate surface area is 215 Å². The second-order valence-electron chi connectivity index (χ2n) is 9.21. The highest BCUT2D eigenvalue weighted by molar-refractivity contribution is 7.84. The maximum Gasteiger partial charge on any atom is 0.333 e. The van der Waals surface area contributed by atoms with Crippen molar-refractivity contribution in [2.75, 3.05) is 11.9 Å². The number of rotatable bonds is 11. The summed E-state index contributed by atoms with van der Waals surface area (Å²) in [5.74, 6) is 1.55. The largest absolute Gasteiger partial charge is 0.489 e. The van der Waals surface area contributed by atoms with Crippen molar-refractivity contribution in [3.05, 3.63) is 69.8 Å². The van der Waals surface area contributed by atoms with Crippen LogP contribution in [0.15, 0.2) is 48.2 Å². The molecule has 36 heavy (non-hydrogen) atoms. The van der Waals surface area contributed by atoms with E-state index in [0.717, 1.165) is 29.7 Å². The molecule has 1 saturated carbocycles. The van der Waals surface area contributed by atoms with E-state index in [1.165, 1.54) is 23.9 Å². The van der Waals surface area contributed by atoms with Gasteiger partial charge in [-0.25, -0.2) is 15.1 Å². The number of aromatic nitrogens is 2. The molecule has 0 spiro atoms. The molecule has 0 amide bonds. The molecule has 1 aromatic carbocycles. The van der Waals surface area contributed by atoms with E-state index >= 15 is 0 Å². The van der Waals surface area contributed by atoms with Crippen molar-refractivity contribution in [2.24, 2.45) is 11.1 Å². The molecule has 0 saturated heterocycles. The number of nitrogens with one attached hydrogen (secondary N) is 1. The van der Waals surface area contributed by atoms with Crippen molar-refractivity contribution in [1.29, 1.82) is 0 Å². The molecule has 2 atom stereocenters. The van der Waals surface area contributed by atoms with Gasteiger partial charge in [-0.1, -0.05) is 32.0 Å². The lowest BCUT2D eigenvalue weighted by Crippen LogP contribution is -2.22. The molecule has 1 fully saturated rings. The number of para-hydroxylation sites is 1. The lowest BCUT2D eigenvalue weighted by atomic mass is 10.0. The number of nitrogens with zero attached hydrogens (tertiary/aromatic N) is 2. The molecular formula is C25H30N4O5S2. The van der Waals surface area contributed by atoms with Crippen molar-refractivity contribution in [3.63, 3.8) is 0 Å². The third kappa shape index (κ3) is 6.88. The summed E-state index contributed by atoms with van der Waals surface area (Å²) in [5, 5.41) is 10.2. The minimum atomic E-state index is -3.95. The van der Waals surface area contributed by atoms with E-state index in [4.69, 9.17) is 14.1 Å². The minimum Gasteiger partial charge on any atom is -0.489 e. The van der Waals surface area contributed by atoms with Gasteiger partial charge in [0.1, 0.15) is 24.5 Å². The van der Waals surface area contributed by atoms with Gasteiger partial charge in [0.15, 0.2) is 0 Å². The molecule has 1 unspecified atom stereocenters. The average Bonchev–Trinajstić information content (AvgIpc) is 3.51. The molecule has 2 aromatic heterocycles. The summed E-state index contributed by atoms with van der Waals surface area (Å²) in [6, 6.07) is 9.86. The highest BCUT2D eigenvalue weighted by Gasteiger charge is 2.28. The molecule has 0 bridgehead atoms. The highest BCUT2D eigenvalue weighted by Crippen LogP contribution is 2.31. The normalized spacial score (nSPS) is 17.9. The van der Waals surface area contributed by atoms with Crippen LogP contribution in [0.25, 0.3) is 0 Å². The summed E-state index contributed by atoms with van der Waals surface area (Å²) in [5.41, 5.74) is 2.45. The zero-order valence-electron chi connectivity index (χ0n) is 20.2. The lowest BCUT2D eigenvalue weighted by Gasteiger charge is -2.15. The van der Waals surface area contributed by atoms with Crippen LogP contribution in [-0.4, -0.2) is 36.8 Å². The van der Waals surface area contributed by atoms with Gasteiger partial charge in [0.25, 0.3) is 0 Å². The van der Waals surface area contributed by atoms with Crippen LogP contribution in [0.2, 0.25) is 0 Å². The predicted molar refractivity (Wildman–Crippen MR) is 138 cm³/mol. The molecule has 3 aromatic rings. The van der Waals surface area contributed by atoms with Gasteiger partial charge in [-0.3, -0.25) is 8.98 Å². The number of ketones is 1.